The van der Waals surface area contributed by atoms with Crippen LogP contribution < -0.4 is 10.1 Å². The smallest absolute Gasteiger partial charge is 0.147 e. The van der Waals surface area contributed by atoms with Crippen molar-refractivity contribution in [2.75, 3.05) is 20.2 Å². The maximum absolute atomic E-state index is 5.87. The van der Waals surface area contributed by atoms with Gasteiger partial charge >= 0.3 is 0 Å². The highest BCUT2D eigenvalue weighted by atomic mass is 79.9. The van der Waals surface area contributed by atoms with Crippen molar-refractivity contribution in [1.29, 1.82) is 0 Å². The van der Waals surface area contributed by atoms with Crippen LogP contribution in [-0.4, -0.2) is 26.3 Å². The maximum Gasteiger partial charge on any atom is 0.147 e. The molecule has 1 saturated heterocycles. The minimum Gasteiger partial charge on any atom is -0.494 e. The van der Waals surface area contributed by atoms with E-state index in [1.165, 1.54) is 11.1 Å². The second-order valence-corrected chi connectivity index (χ2v) is 6.04. The van der Waals surface area contributed by atoms with Gasteiger partial charge in [0.25, 0.3) is 0 Å². The second-order valence-electron chi connectivity index (χ2n) is 4.39. The molecule has 0 spiro atoms. The highest BCUT2D eigenvalue weighted by molar-refractivity contribution is 9.11. The Bertz CT molecular complexity index is 470. The number of nitrogens with one attached hydrogen (secondary N) is 1. The van der Waals surface area contributed by atoms with Gasteiger partial charge in [-0.2, -0.15) is 0 Å². The third-order valence-electron chi connectivity index (χ3n) is 3.49. The molecule has 6 heteroatoms. The van der Waals surface area contributed by atoms with E-state index in [9.17, 15) is 0 Å². The van der Waals surface area contributed by atoms with Gasteiger partial charge in [0.2, 0.25) is 0 Å². The van der Waals surface area contributed by atoms with Crippen molar-refractivity contribution in [2.45, 2.75) is 18.6 Å². The van der Waals surface area contributed by atoms with E-state index in [-0.39, 0.29) is 12.4 Å². The summed E-state index contributed by atoms with van der Waals surface area (Å²) in [6.45, 7) is 2.59. The fraction of sp³-hybridized carbons (Fsp3) is 0.500. The molecule has 0 bridgehead atoms. The number of halogens is 3. The largest absolute Gasteiger partial charge is 0.494 e. The topological polar surface area (TPSA) is 30.5 Å². The maximum atomic E-state index is 5.87. The van der Waals surface area contributed by atoms with Gasteiger partial charge in [-0.1, -0.05) is 0 Å². The summed E-state index contributed by atoms with van der Waals surface area (Å²) in [5.41, 5.74) is 2.58. The molecule has 18 heavy (non-hydrogen) atoms. The Morgan fingerprint density at radius 1 is 1.39 bits per heavy atom. The lowest BCUT2D eigenvalue weighted by molar-refractivity contribution is 0.0295. The normalized spacial score (nSPS) is 25.1. The number of benzene rings is 1. The minimum atomic E-state index is 0. The Labute approximate surface area is 129 Å². The zero-order valence-electron chi connectivity index (χ0n) is 9.83. The highest BCUT2D eigenvalue weighted by Gasteiger charge is 2.37. The summed E-state index contributed by atoms with van der Waals surface area (Å²) >= 11 is 7.21. The average Bonchev–Trinajstić information content (AvgIpc) is 2.76. The van der Waals surface area contributed by atoms with Gasteiger partial charge in [0.15, 0.2) is 0 Å². The molecule has 0 radical (unpaired) electrons. The Kier molecular flexibility index (Phi) is 4.60. The molecule has 0 aliphatic carbocycles. The molecule has 0 unspecified atom stereocenters. The third-order valence-corrected chi connectivity index (χ3v) is 4.86. The lowest BCUT2D eigenvalue weighted by atomic mass is 9.89. The van der Waals surface area contributed by atoms with Crippen molar-refractivity contribution < 1.29 is 9.47 Å². The molecule has 1 fully saturated rings. The zero-order chi connectivity index (χ0) is 12.0. The molecule has 0 saturated carbocycles. The first-order valence-electron chi connectivity index (χ1n) is 5.59. The SMILES string of the molecule is COc1c(Br)cc2c(c1Br)[C@@H]1CNC[C@@H]1OC2.Cl. The van der Waals surface area contributed by atoms with Crippen LogP contribution in [0.4, 0.5) is 0 Å². The van der Waals surface area contributed by atoms with E-state index in [0.29, 0.717) is 18.6 Å². The molecule has 2 atom stereocenters. The second kappa shape index (κ2) is 5.67. The predicted molar refractivity (Wildman–Crippen MR) is 79.8 cm³/mol. The van der Waals surface area contributed by atoms with Crippen LogP contribution >= 0.6 is 44.3 Å². The number of methoxy groups -OCH3 is 1. The van der Waals surface area contributed by atoms with Gasteiger partial charge < -0.3 is 14.8 Å². The number of ether oxygens (including phenoxy) is 2. The van der Waals surface area contributed by atoms with E-state index < -0.39 is 0 Å². The molecule has 1 N–H and O–H groups in total. The quantitative estimate of drug-likeness (QED) is 0.787. The van der Waals surface area contributed by atoms with Gasteiger partial charge in [0, 0.05) is 19.0 Å². The van der Waals surface area contributed by atoms with Crippen molar-refractivity contribution in [3.63, 3.8) is 0 Å². The van der Waals surface area contributed by atoms with Gasteiger partial charge in [-0.15, -0.1) is 12.4 Å². The van der Waals surface area contributed by atoms with Crippen LogP contribution in [0.5, 0.6) is 5.75 Å². The molecule has 2 heterocycles. The Morgan fingerprint density at radius 3 is 2.89 bits per heavy atom. The van der Waals surface area contributed by atoms with Crippen LogP contribution in [0.3, 0.4) is 0 Å². The molecular weight excluding hydrogens is 385 g/mol. The molecule has 0 aromatic heterocycles. The summed E-state index contributed by atoms with van der Waals surface area (Å²) in [4.78, 5) is 0. The van der Waals surface area contributed by atoms with E-state index in [4.69, 9.17) is 9.47 Å². The predicted octanol–water partition coefficient (Wildman–Crippen LogP) is 3.23. The van der Waals surface area contributed by atoms with E-state index in [2.05, 4.69) is 43.2 Å². The number of hydrogen-bond donors (Lipinski definition) is 1. The Hall–Kier alpha value is 0.190. The van der Waals surface area contributed by atoms with Crippen LogP contribution in [-0.2, 0) is 11.3 Å². The van der Waals surface area contributed by atoms with E-state index in [0.717, 1.165) is 27.8 Å². The number of hydrogen-bond acceptors (Lipinski definition) is 3. The monoisotopic (exact) mass is 397 g/mol. The number of fused-ring (bicyclic) bond motifs is 3. The van der Waals surface area contributed by atoms with E-state index >= 15 is 0 Å². The van der Waals surface area contributed by atoms with Gasteiger partial charge in [0.05, 0.1) is 28.8 Å². The van der Waals surface area contributed by atoms with E-state index in [1.807, 2.05) is 0 Å². The molecule has 2 aliphatic rings. The lowest BCUT2D eigenvalue weighted by Gasteiger charge is -2.30. The fourth-order valence-corrected chi connectivity index (χ4v) is 4.51. The van der Waals surface area contributed by atoms with Gasteiger partial charge in [-0.3, -0.25) is 0 Å². The van der Waals surface area contributed by atoms with Gasteiger partial charge in [-0.05, 0) is 49.1 Å². The van der Waals surface area contributed by atoms with E-state index in [1.54, 1.807) is 7.11 Å². The first kappa shape index (κ1) is 14.6. The zero-order valence-corrected chi connectivity index (χ0v) is 13.8. The van der Waals surface area contributed by atoms with Crippen molar-refractivity contribution in [2.24, 2.45) is 0 Å². The van der Waals surface area contributed by atoms with Crippen molar-refractivity contribution in [3.05, 3.63) is 26.1 Å². The Balaban J connectivity index is 0.00000120. The van der Waals surface area contributed by atoms with Crippen molar-refractivity contribution in [1.82, 2.24) is 5.32 Å². The number of rotatable bonds is 1. The summed E-state index contributed by atoms with van der Waals surface area (Å²) in [7, 11) is 1.70. The summed E-state index contributed by atoms with van der Waals surface area (Å²) in [5, 5.41) is 3.39. The van der Waals surface area contributed by atoms with Crippen LogP contribution in [0.2, 0.25) is 0 Å². The summed E-state index contributed by atoms with van der Waals surface area (Å²) in [5.74, 6) is 1.30. The molecule has 3 rings (SSSR count). The average molecular weight is 400 g/mol. The summed E-state index contributed by atoms with van der Waals surface area (Å²) in [6, 6.07) is 2.10. The third kappa shape index (κ3) is 2.20. The van der Waals surface area contributed by atoms with Crippen molar-refractivity contribution in [3.8, 4) is 5.75 Å². The summed E-state index contributed by atoms with van der Waals surface area (Å²) in [6.07, 6.45) is 0.296. The van der Waals surface area contributed by atoms with Crippen LogP contribution in [0.25, 0.3) is 0 Å². The van der Waals surface area contributed by atoms with Gasteiger partial charge in [-0.25, -0.2) is 0 Å². The first-order chi connectivity index (χ1) is 8.22. The summed E-state index contributed by atoms with van der Waals surface area (Å²) < 4.78 is 13.3. The lowest BCUT2D eigenvalue weighted by Crippen LogP contribution is -2.27. The molecule has 100 valence electrons. The molecule has 2 aliphatic heterocycles. The van der Waals surface area contributed by atoms with Gasteiger partial charge in [0.1, 0.15) is 5.75 Å². The van der Waals surface area contributed by atoms with Crippen molar-refractivity contribution >= 4 is 44.3 Å². The highest BCUT2D eigenvalue weighted by Crippen LogP contribution is 2.45. The fourth-order valence-electron chi connectivity index (χ4n) is 2.69. The minimum absolute atomic E-state index is 0. The van der Waals surface area contributed by atoms with Crippen LogP contribution in [0.1, 0.15) is 17.0 Å². The molecule has 1 aromatic carbocycles. The molecular formula is C12H14Br2ClNO2. The van der Waals surface area contributed by atoms with Crippen LogP contribution in [0, 0.1) is 0 Å². The first-order valence-corrected chi connectivity index (χ1v) is 7.18. The molecule has 1 aromatic rings. The Morgan fingerprint density at radius 2 is 2.17 bits per heavy atom. The van der Waals surface area contributed by atoms with Crippen LogP contribution in [0.15, 0.2) is 15.0 Å². The molecule has 3 nitrogen and oxygen atoms in total. The standard InChI is InChI=1S/C12H13Br2NO2.ClH/c1-16-12-8(13)2-6-5-17-9-4-15-3-7(9)10(6)11(12)14;/h2,7,9,15H,3-5H2,1H3;1H/t7-,9+;/m1./s1. The molecule has 0 amide bonds.